The van der Waals surface area contributed by atoms with E-state index in [1.165, 1.54) is 7.11 Å². The molecule has 0 amide bonds. The molecule has 114 valence electrons. The Morgan fingerprint density at radius 2 is 2.00 bits per heavy atom. The Labute approximate surface area is 125 Å². The standard InChI is InChI=1S/C17H23NO3/c1-12(2)21-15-8-6-7-14-13(15)9-10-18(14)11-17(3,4)16(19)20-5/h6-10,12H,11H2,1-5H3. The zero-order chi connectivity index (χ0) is 15.6. The van der Waals surface area contributed by atoms with Crippen LogP contribution in [0.15, 0.2) is 30.5 Å². The first-order valence-electron chi connectivity index (χ1n) is 7.18. The van der Waals surface area contributed by atoms with Crippen LogP contribution in [0.2, 0.25) is 0 Å². The molecule has 1 aromatic carbocycles. The molecule has 0 saturated heterocycles. The van der Waals surface area contributed by atoms with Gasteiger partial charge in [0.15, 0.2) is 0 Å². The molecule has 0 N–H and O–H groups in total. The molecule has 1 aromatic heterocycles. The molecule has 2 aromatic rings. The van der Waals surface area contributed by atoms with Crippen LogP contribution in [0.25, 0.3) is 10.9 Å². The van der Waals surface area contributed by atoms with Gasteiger partial charge in [0.1, 0.15) is 5.75 Å². The molecular weight excluding hydrogens is 266 g/mol. The summed E-state index contributed by atoms with van der Waals surface area (Å²) in [5, 5.41) is 1.06. The quantitative estimate of drug-likeness (QED) is 0.789. The Morgan fingerprint density at radius 1 is 1.29 bits per heavy atom. The highest BCUT2D eigenvalue weighted by Crippen LogP contribution is 2.30. The average Bonchev–Trinajstić information content (AvgIpc) is 2.81. The van der Waals surface area contributed by atoms with E-state index in [0.717, 1.165) is 16.7 Å². The number of ether oxygens (including phenoxy) is 2. The fourth-order valence-corrected chi connectivity index (χ4v) is 2.46. The van der Waals surface area contributed by atoms with Crippen molar-refractivity contribution in [2.45, 2.75) is 40.3 Å². The molecule has 1 heterocycles. The lowest BCUT2D eigenvalue weighted by Crippen LogP contribution is -2.30. The van der Waals surface area contributed by atoms with E-state index in [-0.39, 0.29) is 12.1 Å². The highest BCUT2D eigenvalue weighted by Gasteiger charge is 2.29. The van der Waals surface area contributed by atoms with Gasteiger partial charge in [0.25, 0.3) is 0 Å². The minimum atomic E-state index is -0.574. The predicted molar refractivity (Wildman–Crippen MR) is 83.5 cm³/mol. The number of rotatable bonds is 5. The van der Waals surface area contributed by atoms with Crippen molar-refractivity contribution < 1.29 is 14.3 Å². The third-order valence-electron chi connectivity index (χ3n) is 3.44. The van der Waals surface area contributed by atoms with Crippen LogP contribution in [0.5, 0.6) is 5.75 Å². The van der Waals surface area contributed by atoms with Gasteiger partial charge in [-0.05, 0) is 45.9 Å². The summed E-state index contributed by atoms with van der Waals surface area (Å²) in [5.74, 6) is 0.663. The molecule has 4 nitrogen and oxygen atoms in total. The zero-order valence-corrected chi connectivity index (χ0v) is 13.3. The molecule has 4 heteroatoms. The summed E-state index contributed by atoms with van der Waals surface area (Å²) in [6.07, 6.45) is 2.12. The Hall–Kier alpha value is -1.97. The number of carbonyl (C=O) groups is 1. The van der Waals surface area contributed by atoms with E-state index in [2.05, 4.69) is 4.57 Å². The number of esters is 1. The lowest BCUT2D eigenvalue weighted by molar-refractivity contribution is -0.151. The molecule has 0 radical (unpaired) electrons. The fourth-order valence-electron chi connectivity index (χ4n) is 2.46. The number of nitrogens with zero attached hydrogens (tertiary/aromatic N) is 1. The molecule has 0 spiro atoms. The van der Waals surface area contributed by atoms with Gasteiger partial charge < -0.3 is 14.0 Å². The Bertz CT molecular complexity index is 641. The molecule has 0 aliphatic rings. The largest absolute Gasteiger partial charge is 0.490 e. The van der Waals surface area contributed by atoms with Crippen molar-refractivity contribution in [2.75, 3.05) is 7.11 Å². The van der Waals surface area contributed by atoms with Crippen molar-refractivity contribution >= 4 is 16.9 Å². The van der Waals surface area contributed by atoms with Gasteiger partial charge in [-0.2, -0.15) is 0 Å². The van der Waals surface area contributed by atoms with Crippen LogP contribution in [0.1, 0.15) is 27.7 Å². The van der Waals surface area contributed by atoms with E-state index in [9.17, 15) is 4.79 Å². The van der Waals surface area contributed by atoms with Crippen molar-refractivity contribution in [3.8, 4) is 5.75 Å². The number of aromatic nitrogens is 1. The molecule has 0 fully saturated rings. The summed E-state index contributed by atoms with van der Waals surface area (Å²) in [7, 11) is 1.42. The molecular formula is C17H23NO3. The van der Waals surface area contributed by atoms with E-state index in [0.29, 0.717) is 6.54 Å². The monoisotopic (exact) mass is 289 g/mol. The first kappa shape index (κ1) is 15.4. The molecule has 0 saturated carbocycles. The maximum absolute atomic E-state index is 11.8. The Balaban J connectivity index is 2.37. The summed E-state index contributed by atoms with van der Waals surface area (Å²) < 4.78 is 12.8. The van der Waals surface area contributed by atoms with Crippen molar-refractivity contribution in [3.63, 3.8) is 0 Å². The van der Waals surface area contributed by atoms with Crippen LogP contribution in [0, 0.1) is 5.41 Å². The highest BCUT2D eigenvalue weighted by atomic mass is 16.5. The molecule has 21 heavy (non-hydrogen) atoms. The number of methoxy groups -OCH3 is 1. The molecule has 2 rings (SSSR count). The number of carbonyl (C=O) groups excluding carboxylic acids is 1. The topological polar surface area (TPSA) is 40.5 Å². The van der Waals surface area contributed by atoms with E-state index in [1.807, 2.05) is 58.2 Å². The van der Waals surface area contributed by atoms with Gasteiger partial charge in [0.05, 0.1) is 24.1 Å². The highest BCUT2D eigenvalue weighted by molar-refractivity contribution is 5.86. The number of benzene rings is 1. The number of fused-ring (bicyclic) bond motifs is 1. The van der Waals surface area contributed by atoms with Crippen LogP contribution in [-0.4, -0.2) is 23.8 Å². The second-order valence-electron chi connectivity index (χ2n) is 6.17. The summed E-state index contributed by atoms with van der Waals surface area (Å²) in [6, 6.07) is 8.01. The number of hydrogen-bond donors (Lipinski definition) is 0. The van der Waals surface area contributed by atoms with E-state index < -0.39 is 5.41 Å². The smallest absolute Gasteiger partial charge is 0.313 e. The summed E-state index contributed by atoms with van der Waals surface area (Å²) >= 11 is 0. The fraction of sp³-hybridized carbons (Fsp3) is 0.471. The first-order chi connectivity index (χ1) is 9.85. The van der Waals surface area contributed by atoms with Gasteiger partial charge in [-0.15, -0.1) is 0 Å². The second kappa shape index (κ2) is 5.80. The van der Waals surface area contributed by atoms with Crippen LogP contribution >= 0.6 is 0 Å². The Morgan fingerprint density at radius 3 is 2.62 bits per heavy atom. The lowest BCUT2D eigenvalue weighted by atomic mass is 9.93. The predicted octanol–water partition coefficient (Wildman–Crippen LogP) is 3.63. The molecule has 0 aliphatic carbocycles. The normalized spacial score (nSPS) is 11.9. The van der Waals surface area contributed by atoms with E-state index in [4.69, 9.17) is 9.47 Å². The zero-order valence-electron chi connectivity index (χ0n) is 13.3. The van der Waals surface area contributed by atoms with Gasteiger partial charge in [0, 0.05) is 18.1 Å². The van der Waals surface area contributed by atoms with Crippen molar-refractivity contribution in [1.29, 1.82) is 0 Å². The lowest BCUT2D eigenvalue weighted by Gasteiger charge is -2.22. The van der Waals surface area contributed by atoms with Gasteiger partial charge in [-0.25, -0.2) is 0 Å². The van der Waals surface area contributed by atoms with Gasteiger partial charge in [-0.3, -0.25) is 4.79 Å². The van der Waals surface area contributed by atoms with Crippen molar-refractivity contribution in [2.24, 2.45) is 5.41 Å². The van der Waals surface area contributed by atoms with Gasteiger partial charge in [-0.1, -0.05) is 6.07 Å². The molecule has 0 aliphatic heterocycles. The van der Waals surface area contributed by atoms with E-state index in [1.54, 1.807) is 0 Å². The average molecular weight is 289 g/mol. The number of hydrogen-bond acceptors (Lipinski definition) is 3. The molecule has 0 bridgehead atoms. The molecule has 0 unspecified atom stereocenters. The maximum atomic E-state index is 11.8. The third-order valence-corrected chi connectivity index (χ3v) is 3.44. The van der Waals surface area contributed by atoms with Crippen LogP contribution in [-0.2, 0) is 16.1 Å². The van der Waals surface area contributed by atoms with Gasteiger partial charge >= 0.3 is 5.97 Å². The minimum Gasteiger partial charge on any atom is -0.490 e. The van der Waals surface area contributed by atoms with Crippen LogP contribution < -0.4 is 4.74 Å². The van der Waals surface area contributed by atoms with Crippen LogP contribution in [0.3, 0.4) is 0 Å². The summed E-state index contributed by atoms with van der Waals surface area (Å²) in [4.78, 5) is 11.8. The molecule has 0 atom stereocenters. The SMILES string of the molecule is COC(=O)C(C)(C)Cn1ccc2c(OC(C)C)cccc21. The summed E-state index contributed by atoms with van der Waals surface area (Å²) in [5.41, 5.74) is 0.487. The second-order valence-corrected chi connectivity index (χ2v) is 6.17. The first-order valence-corrected chi connectivity index (χ1v) is 7.18. The van der Waals surface area contributed by atoms with Crippen molar-refractivity contribution in [3.05, 3.63) is 30.5 Å². The maximum Gasteiger partial charge on any atom is 0.313 e. The Kier molecular flexibility index (Phi) is 4.26. The van der Waals surface area contributed by atoms with Gasteiger partial charge in [0.2, 0.25) is 0 Å². The van der Waals surface area contributed by atoms with Crippen LogP contribution in [0.4, 0.5) is 0 Å². The summed E-state index contributed by atoms with van der Waals surface area (Å²) in [6.45, 7) is 8.36. The van der Waals surface area contributed by atoms with Crippen molar-refractivity contribution in [1.82, 2.24) is 4.57 Å². The van der Waals surface area contributed by atoms with E-state index >= 15 is 0 Å². The minimum absolute atomic E-state index is 0.130. The third kappa shape index (κ3) is 3.20.